The monoisotopic (exact) mass is 295 g/mol. The molecule has 0 aliphatic carbocycles. The Morgan fingerprint density at radius 3 is 2.68 bits per heavy atom. The maximum Gasteiger partial charge on any atom is 0.254 e. The SMILES string of the molecule is COCC1Cc2ccccc2CN1C(=O)c1cccc(C)c1. The van der Waals surface area contributed by atoms with Crippen molar-refractivity contribution in [3.8, 4) is 0 Å². The molecule has 1 amide bonds. The molecule has 0 N–H and O–H groups in total. The summed E-state index contributed by atoms with van der Waals surface area (Å²) in [7, 11) is 1.69. The average Bonchev–Trinajstić information content (AvgIpc) is 2.54. The summed E-state index contributed by atoms with van der Waals surface area (Å²) in [5.74, 6) is 0.0836. The van der Waals surface area contributed by atoms with Gasteiger partial charge in [-0.2, -0.15) is 0 Å². The van der Waals surface area contributed by atoms with Crippen molar-refractivity contribution in [2.75, 3.05) is 13.7 Å². The minimum absolute atomic E-state index is 0.0836. The molecule has 0 fully saturated rings. The number of ether oxygens (including phenoxy) is 1. The van der Waals surface area contributed by atoms with E-state index in [2.05, 4.69) is 18.2 Å². The molecule has 3 rings (SSSR count). The first-order valence-corrected chi connectivity index (χ1v) is 7.62. The normalized spacial score (nSPS) is 17.2. The van der Waals surface area contributed by atoms with Gasteiger partial charge in [-0.1, -0.05) is 42.0 Å². The lowest BCUT2D eigenvalue weighted by molar-refractivity contribution is 0.0477. The smallest absolute Gasteiger partial charge is 0.254 e. The van der Waals surface area contributed by atoms with Crippen LogP contribution in [0.2, 0.25) is 0 Å². The summed E-state index contributed by atoms with van der Waals surface area (Å²) in [5.41, 5.74) is 4.40. The van der Waals surface area contributed by atoms with Gasteiger partial charge in [-0.05, 0) is 36.6 Å². The molecule has 0 spiro atoms. The van der Waals surface area contributed by atoms with Crippen LogP contribution in [-0.2, 0) is 17.7 Å². The van der Waals surface area contributed by atoms with E-state index >= 15 is 0 Å². The van der Waals surface area contributed by atoms with Gasteiger partial charge in [0, 0.05) is 19.2 Å². The Labute approximate surface area is 131 Å². The van der Waals surface area contributed by atoms with Gasteiger partial charge in [-0.15, -0.1) is 0 Å². The highest BCUT2D eigenvalue weighted by molar-refractivity contribution is 5.94. The molecule has 2 aromatic carbocycles. The summed E-state index contributed by atoms with van der Waals surface area (Å²) in [6.45, 7) is 3.22. The number of fused-ring (bicyclic) bond motifs is 1. The molecule has 1 heterocycles. The molecule has 1 aliphatic heterocycles. The first kappa shape index (κ1) is 14.8. The number of carbonyl (C=O) groups excluding carboxylic acids is 1. The van der Waals surface area contributed by atoms with E-state index in [4.69, 9.17) is 4.74 Å². The third-order valence-electron chi connectivity index (χ3n) is 4.24. The minimum atomic E-state index is 0.0836. The van der Waals surface area contributed by atoms with Crippen molar-refractivity contribution in [2.45, 2.75) is 25.9 Å². The number of hydrogen-bond acceptors (Lipinski definition) is 2. The molecule has 114 valence electrons. The molecule has 1 unspecified atom stereocenters. The largest absolute Gasteiger partial charge is 0.383 e. The highest BCUT2D eigenvalue weighted by Gasteiger charge is 2.30. The van der Waals surface area contributed by atoms with Crippen LogP contribution in [0.5, 0.6) is 0 Å². The Hall–Kier alpha value is -2.13. The second kappa shape index (κ2) is 6.32. The number of carbonyl (C=O) groups is 1. The van der Waals surface area contributed by atoms with E-state index in [1.807, 2.05) is 42.2 Å². The predicted molar refractivity (Wildman–Crippen MR) is 86.9 cm³/mol. The van der Waals surface area contributed by atoms with E-state index in [9.17, 15) is 4.79 Å². The summed E-state index contributed by atoms with van der Waals surface area (Å²) in [4.78, 5) is 14.9. The van der Waals surface area contributed by atoms with Gasteiger partial charge >= 0.3 is 0 Å². The van der Waals surface area contributed by atoms with Crippen LogP contribution < -0.4 is 0 Å². The van der Waals surface area contributed by atoms with Crippen LogP contribution in [0.15, 0.2) is 48.5 Å². The Morgan fingerprint density at radius 1 is 1.18 bits per heavy atom. The van der Waals surface area contributed by atoms with Gasteiger partial charge < -0.3 is 9.64 Å². The fraction of sp³-hybridized carbons (Fsp3) is 0.316. The zero-order chi connectivity index (χ0) is 15.5. The van der Waals surface area contributed by atoms with E-state index in [-0.39, 0.29) is 11.9 Å². The number of methoxy groups -OCH3 is 1. The van der Waals surface area contributed by atoms with Crippen molar-refractivity contribution in [3.63, 3.8) is 0 Å². The van der Waals surface area contributed by atoms with Crippen molar-refractivity contribution in [3.05, 3.63) is 70.8 Å². The quantitative estimate of drug-likeness (QED) is 0.870. The van der Waals surface area contributed by atoms with Gasteiger partial charge in [0.15, 0.2) is 0 Å². The summed E-state index contributed by atoms with van der Waals surface area (Å²) in [6, 6.07) is 16.2. The molecule has 0 saturated heterocycles. The third-order valence-corrected chi connectivity index (χ3v) is 4.24. The lowest BCUT2D eigenvalue weighted by atomic mass is 9.93. The van der Waals surface area contributed by atoms with Crippen LogP contribution in [0.25, 0.3) is 0 Å². The molecule has 0 saturated carbocycles. The molecule has 2 aromatic rings. The lowest BCUT2D eigenvalue weighted by Gasteiger charge is -2.36. The van der Waals surface area contributed by atoms with Gasteiger partial charge in [0.05, 0.1) is 12.6 Å². The second-order valence-electron chi connectivity index (χ2n) is 5.88. The van der Waals surface area contributed by atoms with Gasteiger partial charge in [-0.3, -0.25) is 4.79 Å². The second-order valence-corrected chi connectivity index (χ2v) is 5.88. The van der Waals surface area contributed by atoms with Crippen LogP contribution in [0.4, 0.5) is 0 Å². The van der Waals surface area contributed by atoms with Crippen LogP contribution in [0.3, 0.4) is 0 Å². The molecule has 22 heavy (non-hydrogen) atoms. The third kappa shape index (κ3) is 2.90. The first-order chi connectivity index (χ1) is 10.7. The average molecular weight is 295 g/mol. The van der Waals surface area contributed by atoms with Crippen molar-refractivity contribution < 1.29 is 9.53 Å². The maximum absolute atomic E-state index is 12.9. The molecular weight excluding hydrogens is 274 g/mol. The van der Waals surface area contributed by atoms with Crippen LogP contribution in [-0.4, -0.2) is 30.6 Å². The van der Waals surface area contributed by atoms with Gasteiger partial charge in [0.1, 0.15) is 0 Å². The van der Waals surface area contributed by atoms with Crippen molar-refractivity contribution >= 4 is 5.91 Å². The Bertz CT molecular complexity index is 681. The first-order valence-electron chi connectivity index (χ1n) is 7.62. The number of amides is 1. The molecule has 1 aliphatic rings. The zero-order valence-electron chi connectivity index (χ0n) is 13.1. The molecular formula is C19H21NO2. The van der Waals surface area contributed by atoms with E-state index < -0.39 is 0 Å². The number of aryl methyl sites for hydroxylation is 1. The number of hydrogen-bond donors (Lipinski definition) is 0. The minimum Gasteiger partial charge on any atom is -0.383 e. The molecule has 0 radical (unpaired) electrons. The fourth-order valence-electron chi connectivity index (χ4n) is 3.11. The van der Waals surface area contributed by atoms with Crippen molar-refractivity contribution in [1.82, 2.24) is 4.90 Å². The van der Waals surface area contributed by atoms with Crippen LogP contribution in [0, 0.1) is 6.92 Å². The van der Waals surface area contributed by atoms with Gasteiger partial charge in [0.25, 0.3) is 5.91 Å². The number of rotatable bonds is 3. The Balaban J connectivity index is 1.91. The molecule has 1 atom stereocenters. The Kier molecular flexibility index (Phi) is 4.25. The number of nitrogens with zero attached hydrogens (tertiary/aromatic N) is 1. The van der Waals surface area contributed by atoms with E-state index in [0.29, 0.717) is 13.2 Å². The summed E-state index contributed by atoms with van der Waals surface area (Å²) in [5, 5.41) is 0. The molecule has 0 bridgehead atoms. The van der Waals surface area contributed by atoms with Crippen molar-refractivity contribution in [1.29, 1.82) is 0 Å². The zero-order valence-corrected chi connectivity index (χ0v) is 13.1. The molecule has 3 nitrogen and oxygen atoms in total. The highest BCUT2D eigenvalue weighted by Crippen LogP contribution is 2.25. The van der Waals surface area contributed by atoms with Gasteiger partial charge in [0.2, 0.25) is 0 Å². The van der Waals surface area contributed by atoms with Crippen LogP contribution in [0.1, 0.15) is 27.0 Å². The fourth-order valence-corrected chi connectivity index (χ4v) is 3.11. The standard InChI is InChI=1S/C19H21NO2/c1-14-6-5-9-16(10-14)19(21)20-12-17-8-4-3-7-15(17)11-18(20)13-22-2/h3-10,18H,11-13H2,1-2H3. The number of benzene rings is 2. The molecule has 0 aromatic heterocycles. The van der Waals surface area contributed by atoms with Crippen molar-refractivity contribution in [2.24, 2.45) is 0 Å². The van der Waals surface area contributed by atoms with E-state index in [0.717, 1.165) is 17.5 Å². The summed E-state index contributed by atoms with van der Waals surface area (Å²) in [6.07, 6.45) is 0.849. The summed E-state index contributed by atoms with van der Waals surface area (Å²) < 4.78 is 5.34. The van der Waals surface area contributed by atoms with E-state index in [1.54, 1.807) is 7.11 Å². The van der Waals surface area contributed by atoms with Crippen LogP contribution >= 0.6 is 0 Å². The predicted octanol–water partition coefficient (Wildman–Crippen LogP) is 3.21. The Morgan fingerprint density at radius 2 is 1.95 bits per heavy atom. The molecule has 3 heteroatoms. The topological polar surface area (TPSA) is 29.5 Å². The lowest BCUT2D eigenvalue weighted by Crippen LogP contribution is -2.46. The van der Waals surface area contributed by atoms with E-state index in [1.165, 1.54) is 11.1 Å². The summed E-state index contributed by atoms with van der Waals surface area (Å²) >= 11 is 0. The highest BCUT2D eigenvalue weighted by atomic mass is 16.5. The maximum atomic E-state index is 12.9. The van der Waals surface area contributed by atoms with Gasteiger partial charge in [-0.25, -0.2) is 0 Å².